The van der Waals surface area contributed by atoms with Crippen molar-refractivity contribution in [2.45, 2.75) is 13.3 Å². The second kappa shape index (κ2) is 7.82. The van der Waals surface area contributed by atoms with Gasteiger partial charge in [0.15, 0.2) is 0 Å². The highest BCUT2D eigenvalue weighted by molar-refractivity contribution is 9.10. The first-order chi connectivity index (χ1) is 13.6. The Morgan fingerprint density at radius 3 is 2.41 bits per heavy atom. The lowest BCUT2D eigenvalue weighted by Crippen LogP contribution is -2.25. The van der Waals surface area contributed by atoms with Gasteiger partial charge < -0.3 is 9.47 Å². The van der Waals surface area contributed by atoms with Crippen molar-refractivity contribution in [2.24, 2.45) is 0 Å². The quantitative estimate of drug-likeness (QED) is 0.415. The number of rotatable bonds is 4. The molecule has 0 spiro atoms. The van der Waals surface area contributed by atoms with Gasteiger partial charge in [0, 0.05) is 4.47 Å². The molecule has 0 atom stereocenters. The van der Waals surface area contributed by atoms with E-state index >= 15 is 0 Å². The molecule has 0 aliphatic rings. The molecule has 6 nitrogen and oxygen atoms in total. The fourth-order valence-electron chi connectivity index (χ4n) is 2.59. The third-order valence-corrected chi connectivity index (χ3v) is 4.36. The summed E-state index contributed by atoms with van der Waals surface area (Å²) in [7, 11) is 0. The van der Waals surface area contributed by atoms with E-state index in [-0.39, 0.29) is 22.3 Å². The zero-order valence-electron chi connectivity index (χ0n) is 14.6. The highest BCUT2D eigenvalue weighted by Crippen LogP contribution is 2.28. The summed E-state index contributed by atoms with van der Waals surface area (Å²) in [5.41, 5.74) is -1.48. The number of carbonyl (C=O) groups is 1. The molecule has 3 aromatic rings. The average Bonchev–Trinajstić information content (AvgIpc) is 2.64. The van der Waals surface area contributed by atoms with Crippen molar-refractivity contribution in [3.8, 4) is 11.4 Å². The van der Waals surface area contributed by atoms with E-state index < -0.39 is 40.4 Å². The topological polar surface area (TPSA) is 70.4 Å². The lowest BCUT2D eigenvalue weighted by Gasteiger charge is -2.14. The maximum absolute atomic E-state index is 14.4. The first-order valence-electron chi connectivity index (χ1n) is 8.06. The Hall–Kier alpha value is -2.95. The van der Waals surface area contributed by atoms with Crippen LogP contribution in [0.2, 0.25) is 0 Å². The molecule has 152 valence electrons. The number of hydrogen-bond donors (Lipinski definition) is 0. The van der Waals surface area contributed by atoms with Crippen LogP contribution in [0.1, 0.15) is 17.4 Å². The number of fused-ring (bicyclic) bond motifs is 1. The first-order valence-corrected chi connectivity index (χ1v) is 8.86. The molecule has 0 bridgehead atoms. The van der Waals surface area contributed by atoms with Crippen molar-refractivity contribution in [2.75, 3.05) is 6.61 Å². The molecule has 0 aliphatic carbocycles. The molecule has 0 aliphatic heterocycles. The van der Waals surface area contributed by atoms with Gasteiger partial charge in [-0.25, -0.2) is 13.9 Å². The fourth-order valence-corrected chi connectivity index (χ4v) is 3.09. The zero-order valence-corrected chi connectivity index (χ0v) is 16.2. The average molecular weight is 475 g/mol. The minimum absolute atomic E-state index is 0.00691. The SMILES string of the molecule is CCOC(=O)c1nn(-c2ccc(OC(F)(F)F)cc2)c2c(Br)ccc(F)c2c1=O. The monoisotopic (exact) mass is 474 g/mol. The van der Waals surface area contributed by atoms with Crippen LogP contribution in [0.15, 0.2) is 45.7 Å². The zero-order chi connectivity index (χ0) is 21.3. The second-order valence-electron chi connectivity index (χ2n) is 5.60. The van der Waals surface area contributed by atoms with Gasteiger partial charge in [0.2, 0.25) is 11.1 Å². The van der Waals surface area contributed by atoms with E-state index in [0.29, 0.717) is 0 Å². The molecule has 2 aromatic carbocycles. The Kier molecular flexibility index (Phi) is 5.60. The molecule has 29 heavy (non-hydrogen) atoms. The van der Waals surface area contributed by atoms with Gasteiger partial charge in [-0.1, -0.05) is 0 Å². The van der Waals surface area contributed by atoms with E-state index in [4.69, 9.17) is 4.74 Å². The Morgan fingerprint density at radius 1 is 1.17 bits per heavy atom. The normalized spacial score (nSPS) is 11.5. The predicted molar refractivity (Wildman–Crippen MR) is 97.6 cm³/mol. The van der Waals surface area contributed by atoms with Crippen molar-refractivity contribution in [1.29, 1.82) is 0 Å². The van der Waals surface area contributed by atoms with E-state index in [0.717, 1.165) is 22.9 Å². The van der Waals surface area contributed by atoms with E-state index in [9.17, 15) is 27.2 Å². The summed E-state index contributed by atoms with van der Waals surface area (Å²) >= 11 is 3.20. The van der Waals surface area contributed by atoms with Gasteiger partial charge in [-0.05, 0) is 59.3 Å². The summed E-state index contributed by atoms with van der Waals surface area (Å²) in [6, 6.07) is 6.83. The summed E-state index contributed by atoms with van der Waals surface area (Å²) in [5, 5.41) is 3.54. The Bertz CT molecular complexity index is 1140. The van der Waals surface area contributed by atoms with Crippen molar-refractivity contribution >= 4 is 32.8 Å². The Labute approximate surface area is 168 Å². The number of benzene rings is 2. The summed E-state index contributed by atoms with van der Waals surface area (Å²) in [4.78, 5) is 24.8. The number of aromatic nitrogens is 2. The van der Waals surface area contributed by atoms with Crippen molar-refractivity contribution < 1.29 is 31.8 Å². The summed E-state index contributed by atoms with van der Waals surface area (Å²) in [5.74, 6) is -2.43. The molecule has 0 amide bonds. The van der Waals surface area contributed by atoms with Crippen LogP contribution in [0, 0.1) is 5.82 Å². The predicted octanol–water partition coefficient (Wildman–Crippen LogP) is 4.36. The van der Waals surface area contributed by atoms with Gasteiger partial charge in [0.05, 0.1) is 23.2 Å². The third kappa shape index (κ3) is 4.24. The number of nitrogens with zero attached hydrogens (tertiary/aromatic N) is 2. The van der Waals surface area contributed by atoms with Crippen LogP contribution < -0.4 is 10.2 Å². The molecular weight excluding hydrogens is 464 g/mol. The maximum Gasteiger partial charge on any atom is 0.573 e. The highest BCUT2D eigenvalue weighted by Gasteiger charge is 2.31. The van der Waals surface area contributed by atoms with Gasteiger partial charge in [-0.3, -0.25) is 4.79 Å². The van der Waals surface area contributed by atoms with Crippen molar-refractivity contribution in [1.82, 2.24) is 9.78 Å². The van der Waals surface area contributed by atoms with E-state index in [1.165, 1.54) is 25.1 Å². The minimum Gasteiger partial charge on any atom is -0.461 e. The number of hydrogen-bond acceptors (Lipinski definition) is 5. The van der Waals surface area contributed by atoms with E-state index in [1.807, 2.05) is 0 Å². The number of halogens is 5. The number of esters is 1. The smallest absolute Gasteiger partial charge is 0.461 e. The molecule has 1 heterocycles. The van der Waals surface area contributed by atoms with E-state index in [1.54, 1.807) is 0 Å². The van der Waals surface area contributed by atoms with E-state index in [2.05, 4.69) is 25.8 Å². The van der Waals surface area contributed by atoms with Crippen LogP contribution in [-0.2, 0) is 4.74 Å². The summed E-state index contributed by atoms with van der Waals surface area (Å²) in [6.45, 7) is 1.48. The van der Waals surface area contributed by atoms with Crippen molar-refractivity contribution in [3.05, 3.63) is 62.6 Å². The molecule has 11 heteroatoms. The van der Waals surface area contributed by atoms with Crippen LogP contribution in [0.3, 0.4) is 0 Å². The number of ether oxygens (including phenoxy) is 2. The largest absolute Gasteiger partial charge is 0.573 e. The van der Waals surface area contributed by atoms with Gasteiger partial charge in [0.1, 0.15) is 11.6 Å². The lowest BCUT2D eigenvalue weighted by atomic mass is 10.1. The Morgan fingerprint density at radius 2 is 1.83 bits per heavy atom. The van der Waals surface area contributed by atoms with Crippen LogP contribution in [-0.4, -0.2) is 28.7 Å². The Balaban J connectivity index is 2.26. The third-order valence-electron chi connectivity index (χ3n) is 3.72. The summed E-state index contributed by atoms with van der Waals surface area (Å²) < 4.78 is 61.5. The number of carbonyl (C=O) groups excluding carboxylic acids is 1. The molecule has 0 radical (unpaired) electrons. The standard InChI is InChI=1S/C18H11BrF4N2O4/c1-2-28-17(27)14-16(26)13-12(20)8-7-11(19)15(13)25(24-14)9-3-5-10(6-4-9)29-18(21,22)23/h3-8H,2H2,1H3. The fraction of sp³-hybridized carbons (Fsp3) is 0.167. The molecule has 0 fully saturated rings. The van der Waals surface area contributed by atoms with Crippen molar-refractivity contribution in [3.63, 3.8) is 0 Å². The molecule has 3 rings (SSSR count). The van der Waals surface area contributed by atoms with Gasteiger partial charge in [-0.2, -0.15) is 5.10 Å². The van der Waals surface area contributed by atoms with Crippen LogP contribution in [0.4, 0.5) is 17.6 Å². The minimum atomic E-state index is -4.87. The molecule has 0 unspecified atom stereocenters. The number of alkyl halides is 3. The molecule has 1 aromatic heterocycles. The van der Waals surface area contributed by atoms with Crippen LogP contribution in [0.5, 0.6) is 5.75 Å². The first kappa shape index (κ1) is 20.8. The maximum atomic E-state index is 14.4. The molecule has 0 N–H and O–H groups in total. The molecular formula is C18H11BrF4N2O4. The van der Waals surface area contributed by atoms with Crippen LogP contribution in [0.25, 0.3) is 16.6 Å². The van der Waals surface area contributed by atoms with Gasteiger partial charge in [0.25, 0.3) is 0 Å². The molecule has 0 saturated heterocycles. The highest BCUT2D eigenvalue weighted by atomic mass is 79.9. The second-order valence-corrected chi connectivity index (χ2v) is 6.46. The van der Waals surface area contributed by atoms with Gasteiger partial charge in [-0.15, -0.1) is 13.2 Å². The van der Waals surface area contributed by atoms with Gasteiger partial charge >= 0.3 is 12.3 Å². The lowest BCUT2D eigenvalue weighted by molar-refractivity contribution is -0.274. The van der Waals surface area contributed by atoms with Crippen LogP contribution >= 0.6 is 15.9 Å². The summed E-state index contributed by atoms with van der Waals surface area (Å²) in [6.07, 6.45) is -4.87. The molecule has 0 saturated carbocycles.